The number of unbranched alkanes of at least 4 members (excludes halogenated alkanes) is 1. The zero-order valence-electron chi connectivity index (χ0n) is 21.8. The number of ether oxygens (including phenoxy) is 2. The maximum absolute atomic E-state index is 13.3. The van der Waals surface area contributed by atoms with Gasteiger partial charge in [0.2, 0.25) is 18.6 Å². The van der Waals surface area contributed by atoms with Gasteiger partial charge in [0.05, 0.1) is 12.5 Å². The van der Waals surface area contributed by atoms with Gasteiger partial charge in [0.15, 0.2) is 11.5 Å². The Labute approximate surface area is 218 Å². The lowest BCUT2D eigenvalue weighted by Gasteiger charge is -2.30. The van der Waals surface area contributed by atoms with Gasteiger partial charge in [0, 0.05) is 57.6 Å². The molecule has 4 rings (SSSR count). The number of benzene rings is 1. The van der Waals surface area contributed by atoms with Crippen molar-refractivity contribution in [3.8, 4) is 11.5 Å². The normalized spacial score (nSPS) is 23.1. The quantitative estimate of drug-likeness (QED) is 0.407. The topological polar surface area (TPSA) is 126 Å². The van der Waals surface area contributed by atoms with Crippen molar-refractivity contribution in [3.63, 3.8) is 0 Å². The number of nitrogens with two attached hydrogens (primary N) is 1. The first-order chi connectivity index (χ1) is 17.9. The van der Waals surface area contributed by atoms with Crippen LogP contribution in [0.2, 0.25) is 0 Å². The lowest BCUT2D eigenvalue weighted by molar-refractivity contribution is -0.144. The highest BCUT2D eigenvalue weighted by Crippen LogP contribution is 2.43. The summed E-state index contributed by atoms with van der Waals surface area (Å²) >= 11 is 0. The Morgan fingerprint density at radius 1 is 1.19 bits per heavy atom. The molecule has 3 atom stereocenters. The molecule has 1 aromatic rings. The van der Waals surface area contributed by atoms with Crippen LogP contribution in [0.1, 0.15) is 56.9 Å². The molecule has 0 aliphatic carbocycles. The Bertz CT molecular complexity index is 972. The highest BCUT2D eigenvalue weighted by Gasteiger charge is 2.47. The molecule has 2 amide bonds. The Morgan fingerprint density at radius 3 is 2.70 bits per heavy atom. The minimum Gasteiger partial charge on any atom is -0.481 e. The van der Waals surface area contributed by atoms with E-state index in [4.69, 9.17) is 15.2 Å². The summed E-state index contributed by atoms with van der Waals surface area (Å²) in [6.45, 7) is 5.76. The molecule has 37 heavy (non-hydrogen) atoms. The molecule has 1 unspecified atom stereocenters. The maximum Gasteiger partial charge on any atom is 0.308 e. The first-order valence-electron chi connectivity index (χ1n) is 13.5. The van der Waals surface area contributed by atoms with Crippen LogP contribution in [0.25, 0.3) is 0 Å². The molecule has 3 aliphatic heterocycles. The molecule has 0 radical (unpaired) electrons. The van der Waals surface area contributed by atoms with Crippen molar-refractivity contribution in [3.05, 3.63) is 23.8 Å². The molecule has 10 nitrogen and oxygen atoms in total. The van der Waals surface area contributed by atoms with Gasteiger partial charge >= 0.3 is 5.97 Å². The summed E-state index contributed by atoms with van der Waals surface area (Å²) in [5.74, 6) is -0.425. The van der Waals surface area contributed by atoms with Crippen LogP contribution in [0, 0.1) is 5.92 Å². The highest BCUT2D eigenvalue weighted by atomic mass is 16.7. The van der Waals surface area contributed by atoms with E-state index in [1.807, 2.05) is 28.0 Å². The number of hydrogen-bond donors (Lipinski definition) is 2. The zero-order chi connectivity index (χ0) is 26.4. The minimum absolute atomic E-state index is 0.0194. The summed E-state index contributed by atoms with van der Waals surface area (Å²) in [6, 6.07) is 5.28. The number of fused-ring (bicyclic) bond motifs is 1. The van der Waals surface area contributed by atoms with Crippen molar-refractivity contribution in [1.82, 2.24) is 14.7 Å². The number of nitrogens with zero attached hydrogens (tertiary/aromatic N) is 3. The van der Waals surface area contributed by atoms with Gasteiger partial charge in [-0.2, -0.15) is 0 Å². The summed E-state index contributed by atoms with van der Waals surface area (Å²) in [5, 5.41) is 10.4. The van der Waals surface area contributed by atoms with E-state index >= 15 is 0 Å². The summed E-state index contributed by atoms with van der Waals surface area (Å²) in [4.78, 5) is 43.8. The van der Waals surface area contributed by atoms with Crippen LogP contribution >= 0.6 is 0 Å². The van der Waals surface area contributed by atoms with Crippen molar-refractivity contribution in [2.45, 2.75) is 57.4 Å². The van der Waals surface area contributed by atoms with E-state index in [2.05, 4.69) is 6.92 Å². The average Bonchev–Trinajstić information content (AvgIpc) is 3.60. The fourth-order valence-corrected chi connectivity index (χ4v) is 5.91. The van der Waals surface area contributed by atoms with Gasteiger partial charge in [-0.05, 0) is 43.4 Å². The Balaban J connectivity index is 1.54. The standard InChI is InChI=1S/C27H40N4O6/c1-2-3-11-30(14-10-28)25(33)17-31-16-20(19-8-9-22-23(15-19)37-18-36-22)26(27(34)35)21(31)6-4-12-29-13-5-7-24(29)32/h8-9,15,20-21,26H,2-7,10-14,16-18,28H2,1H3,(H,34,35)/t20-,21+,26?/m1/s1. The lowest BCUT2D eigenvalue weighted by Crippen LogP contribution is -2.45. The predicted octanol–water partition coefficient (Wildman–Crippen LogP) is 1.87. The lowest BCUT2D eigenvalue weighted by atomic mass is 9.83. The minimum atomic E-state index is -0.871. The second kappa shape index (κ2) is 12.6. The van der Waals surface area contributed by atoms with Crippen molar-refractivity contribution in [2.75, 3.05) is 52.6 Å². The van der Waals surface area contributed by atoms with E-state index in [-0.39, 0.29) is 37.1 Å². The molecule has 1 aromatic carbocycles. The van der Waals surface area contributed by atoms with Gasteiger partial charge in [0.1, 0.15) is 0 Å². The molecule has 0 spiro atoms. The van der Waals surface area contributed by atoms with E-state index in [0.717, 1.165) is 31.4 Å². The van der Waals surface area contributed by atoms with Crippen LogP contribution in [0.5, 0.6) is 11.5 Å². The number of carboxylic acids is 1. The molecule has 3 aliphatic rings. The first-order valence-corrected chi connectivity index (χ1v) is 13.5. The van der Waals surface area contributed by atoms with Gasteiger partial charge < -0.3 is 30.1 Å². The van der Waals surface area contributed by atoms with Crippen molar-refractivity contribution < 1.29 is 29.0 Å². The van der Waals surface area contributed by atoms with Crippen molar-refractivity contribution in [2.24, 2.45) is 11.7 Å². The van der Waals surface area contributed by atoms with Gasteiger partial charge in [-0.3, -0.25) is 19.3 Å². The molecule has 0 saturated carbocycles. The van der Waals surface area contributed by atoms with Crippen LogP contribution in [0.3, 0.4) is 0 Å². The average molecular weight is 517 g/mol. The van der Waals surface area contributed by atoms with E-state index < -0.39 is 11.9 Å². The molecule has 0 bridgehead atoms. The van der Waals surface area contributed by atoms with Crippen LogP contribution < -0.4 is 15.2 Å². The third kappa shape index (κ3) is 6.35. The van der Waals surface area contributed by atoms with Gasteiger partial charge in [0.25, 0.3) is 0 Å². The number of hydrogen-bond acceptors (Lipinski definition) is 7. The van der Waals surface area contributed by atoms with Crippen LogP contribution in [0.4, 0.5) is 0 Å². The summed E-state index contributed by atoms with van der Waals surface area (Å²) in [5.41, 5.74) is 6.65. The fourth-order valence-electron chi connectivity index (χ4n) is 5.91. The number of carbonyl (C=O) groups is 3. The number of likely N-dealkylation sites (tertiary alicyclic amines) is 2. The fraction of sp³-hybridized carbons (Fsp3) is 0.667. The molecule has 3 heterocycles. The maximum atomic E-state index is 13.3. The SMILES string of the molecule is CCCCN(CCN)C(=O)CN1C[C@H](c2ccc3c(c2)OCO3)C(C(=O)O)[C@@H]1CCCN1CCCC1=O. The third-order valence-electron chi connectivity index (χ3n) is 7.83. The highest BCUT2D eigenvalue weighted by molar-refractivity contribution is 5.79. The Morgan fingerprint density at radius 2 is 2.00 bits per heavy atom. The Kier molecular flexibility index (Phi) is 9.26. The van der Waals surface area contributed by atoms with Gasteiger partial charge in [-0.15, -0.1) is 0 Å². The number of carbonyl (C=O) groups excluding carboxylic acids is 2. The van der Waals surface area contributed by atoms with Crippen LogP contribution in [-0.4, -0.2) is 96.2 Å². The van der Waals surface area contributed by atoms with Crippen molar-refractivity contribution in [1.29, 1.82) is 0 Å². The second-order valence-corrected chi connectivity index (χ2v) is 10.2. The third-order valence-corrected chi connectivity index (χ3v) is 7.83. The van der Waals surface area contributed by atoms with Gasteiger partial charge in [-0.1, -0.05) is 19.4 Å². The number of rotatable bonds is 13. The van der Waals surface area contributed by atoms with E-state index in [1.54, 1.807) is 4.90 Å². The number of amides is 2. The first kappa shape index (κ1) is 27.2. The molecule has 2 saturated heterocycles. The van der Waals surface area contributed by atoms with Crippen LogP contribution in [-0.2, 0) is 14.4 Å². The second-order valence-electron chi connectivity index (χ2n) is 10.2. The van der Waals surface area contributed by atoms with Crippen LogP contribution in [0.15, 0.2) is 18.2 Å². The van der Waals surface area contributed by atoms with E-state index in [1.165, 1.54) is 0 Å². The summed E-state index contributed by atoms with van der Waals surface area (Å²) in [6.07, 6.45) is 4.63. The predicted molar refractivity (Wildman–Crippen MR) is 137 cm³/mol. The molecular formula is C27H40N4O6. The largest absolute Gasteiger partial charge is 0.481 e. The Hall–Kier alpha value is -2.85. The summed E-state index contributed by atoms with van der Waals surface area (Å²) in [7, 11) is 0. The summed E-state index contributed by atoms with van der Waals surface area (Å²) < 4.78 is 11.0. The van der Waals surface area contributed by atoms with Crippen molar-refractivity contribution >= 4 is 17.8 Å². The molecule has 3 N–H and O–H groups in total. The zero-order valence-corrected chi connectivity index (χ0v) is 21.8. The molecule has 2 fully saturated rings. The van der Waals surface area contributed by atoms with E-state index in [9.17, 15) is 19.5 Å². The molecule has 0 aromatic heterocycles. The van der Waals surface area contributed by atoms with Gasteiger partial charge in [-0.25, -0.2) is 0 Å². The number of carboxylic acid groups (broad SMARTS) is 1. The molecule has 10 heteroatoms. The number of aliphatic carboxylic acids is 1. The molecule has 204 valence electrons. The smallest absolute Gasteiger partial charge is 0.308 e. The molecular weight excluding hydrogens is 476 g/mol. The monoisotopic (exact) mass is 516 g/mol. The van der Waals surface area contributed by atoms with E-state index in [0.29, 0.717) is 63.5 Å².